The third-order valence-corrected chi connectivity index (χ3v) is 4.58. The molecule has 0 heterocycles. The molecule has 0 unspecified atom stereocenters. The van der Waals surface area contributed by atoms with Gasteiger partial charge >= 0.3 is 0 Å². The molecule has 0 aliphatic heterocycles. The second-order valence-corrected chi connectivity index (χ2v) is 6.31. The summed E-state index contributed by atoms with van der Waals surface area (Å²) >= 11 is 1.45. The number of aryl methyl sites for hydroxylation is 1. The van der Waals surface area contributed by atoms with Gasteiger partial charge < -0.3 is 5.32 Å². The molecule has 0 spiro atoms. The first-order chi connectivity index (χ1) is 11.1. The Bertz CT molecular complexity index is 858. The zero-order valence-electron chi connectivity index (χ0n) is 12.7. The van der Waals surface area contributed by atoms with Crippen LogP contribution in [0.25, 0.3) is 10.8 Å². The van der Waals surface area contributed by atoms with E-state index >= 15 is 0 Å². The van der Waals surface area contributed by atoms with Crippen LogP contribution in [0.15, 0.2) is 65.6 Å². The lowest BCUT2D eigenvalue weighted by Gasteiger charge is -2.08. The number of carbonyl (C=O) groups is 1. The molecule has 3 aromatic carbocycles. The molecule has 4 heteroatoms. The lowest BCUT2D eigenvalue weighted by molar-refractivity contribution is -0.113. The maximum absolute atomic E-state index is 13.7. The molecule has 0 aliphatic carbocycles. The van der Waals surface area contributed by atoms with Crippen molar-refractivity contribution in [1.29, 1.82) is 0 Å². The van der Waals surface area contributed by atoms with Gasteiger partial charge in [0.25, 0.3) is 0 Å². The van der Waals surface area contributed by atoms with Crippen LogP contribution in [0.3, 0.4) is 0 Å². The van der Waals surface area contributed by atoms with E-state index in [4.69, 9.17) is 0 Å². The van der Waals surface area contributed by atoms with Crippen molar-refractivity contribution in [3.05, 3.63) is 72.0 Å². The first-order valence-electron chi connectivity index (χ1n) is 7.30. The van der Waals surface area contributed by atoms with Crippen LogP contribution in [0.4, 0.5) is 10.1 Å². The van der Waals surface area contributed by atoms with E-state index in [1.165, 1.54) is 17.8 Å². The van der Waals surface area contributed by atoms with Crippen LogP contribution in [0, 0.1) is 12.7 Å². The average molecular weight is 325 g/mol. The minimum Gasteiger partial charge on any atom is -0.323 e. The Morgan fingerprint density at radius 1 is 1.09 bits per heavy atom. The fourth-order valence-corrected chi connectivity index (χ4v) is 3.26. The van der Waals surface area contributed by atoms with Gasteiger partial charge in [0.1, 0.15) is 5.82 Å². The molecule has 0 saturated heterocycles. The van der Waals surface area contributed by atoms with E-state index in [9.17, 15) is 9.18 Å². The van der Waals surface area contributed by atoms with E-state index in [2.05, 4.69) is 5.32 Å². The molecule has 116 valence electrons. The normalized spacial score (nSPS) is 10.7. The van der Waals surface area contributed by atoms with Crippen molar-refractivity contribution in [3.63, 3.8) is 0 Å². The number of fused-ring (bicyclic) bond motifs is 1. The smallest absolute Gasteiger partial charge is 0.234 e. The van der Waals surface area contributed by atoms with Crippen LogP contribution >= 0.6 is 11.8 Å². The van der Waals surface area contributed by atoms with E-state index in [-0.39, 0.29) is 17.3 Å². The van der Waals surface area contributed by atoms with Gasteiger partial charge in [-0.15, -0.1) is 11.8 Å². The molecule has 0 aliphatic rings. The van der Waals surface area contributed by atoms with Crippen LogP contribution < -0.4 is 5.32 Å². The number of amides is 1. The molecule has 3 aromatic rings. The Morgan fingerprint density at radius 2 is 1.87 bits per heavy atom. The standard InChI is InChI=1S/C19H16FNOS/c1-13-9-10-16(20)17(11-13)21-19(22)12-23-18-8-4-6-14-5-2-3-7-15(14)18/h2-11H,12H2,1H3,(H,21,22). The summed E-state index contributed by atoms with van der Waals surface area (Å²) in [5.74, 6) is -0.395. The van der Waals surface area contributed by atoms with Crippen molar-refractivity contribution < 1.29 is 9.18 Å². The lowest BCUT2D eigenvalue weighted by atomic mass is 10.1. The highest BCUT2D eigenvalue weighted by Gasteiger charge is 2.09. The minimum absolute atomic E-state index is 0.215. The van der Waals surface area contributed by atoms with Crippen LogP contribution in [-0.2, 0) is 4.79 Å². The lowest BCUT2D eigenvalue weighted by Crippen LogP contribution is -2.15. The van der Waals surface area contributed by atoms with Gasteiger partial charge in [-0.25, -0.2) is 4.39 Å². The quantitative estimate of drug-likeness (QED) is 0.683. The molecule has 1 N–H and O–H groups in total. The minimum atomic E-state index is -0.417. The summed E-state index contributed by atoms with van der Waals surface area (Å²) in [4.78, 5) is 13.1. The summed E-state index contributed by atoms with van der Waals surface area (Å²) in [6, 6.07) is 18.7. The number of halogens is 1. The summed E-state index contributed by atoms with van der Waals surface area (Å²) in [5.41, 5.74) is 1.14. The van der Waals surface area contributed by atoms with Crippen LogP contribution in [0.1, 0.15) is 5.56 Å². The SMILES string of the molecule is Cc1ccc(F)c(NC(=O)CSc2cccc3ccccc23)c1. The number of carbonyl (C=O) groups excluding carboxylic acids is 1. The number of benzene rings is 3. The van der Waals surface area contributed by atoms with Crippen LogP contribution in [0.2, 0.25) is 0 Å². The fraction of sp³-hybridized carbons (Fsp3) is 0.105. The molecular formula is C19H16FNOS. The van der Waals surface area contributed by atoms with Crippen molar-refractivity contribution in [1.82, 2.24) is 0 Å². The van der Waals surface area contributed by atoms with Crippen molar-refractivity contribution in [2.24, 2.45) is 0 Å². The Labute approximate surface area is 138 Å². The molecule has 0 saturated carbocycles. The topological polar surface area (TPSA) is 29.1 Å². The van der Waals surface area contributed by atoms with Gasteiger partial charge in [-0.05, 0) is 41.5 Å². The number of rotatable bonds is 4. The Kier molecular flexibility index (Phi) is 4.63. The molecule has 3 rings (SSSR count). The predicted octanol–water partition coefficient (Wildman–Crippen LogP) is 5.02. The Balaban J connectivity index is 1.70. The van der Waals surface area contributed by atoms with Crippen LogP contribution in [-0.4, -0.2) is 11.7 Å². The second kappa shape index (κ2) is 6.84. The van der Waals surface area contributed by atoms with Gasteiger partial charge in [0.15, 0.2) is 0 Å². The predicted molar refractivity (Wildman–Crippen MR) is 94.4 cm³/mol. The summed E-state index contributed by atoms with van der Waals surface area (Å²) in [5, 5.41) is 4.90. The number of hydrogen-bond donors (Lipinski definition) is 1. The summed E-state index contributed by atoms with van der Waals surface area (Å²) in [6.07, 6.45) is 0. The summed E-state index contributed by atoms with van der Waals surface area (Å²) < 4.78 is 13.7. The fourth-order valence-electron chi connectivity index (χ4n) is 2.39. The molecule has 0 aromatic heterocycles. The third-order valence-electron chi connectivity index (χ3n) is 3.50. The molecule has 0 atom stereocenters. The molecule has 1 amide bonds. The van der Waals surface area contributed by atoms with Gasteiger partial charge in [-0.1, -0.05) is 42.5 Å². The Hall–Kier alpha value is -2.33. The van der Waals surface area contributed by atoms with Gasteiger partial charge in [0.2, 0.25) is 5.91 Å². The third kappa shape index (κ3) is 3.71. The van der Waals surface area contributed by atoms with Crippen molar-refractivity contribution in [2.75, 3.05) is 11.1 Å². The van der Waals surface area contributed by atoms with E-state index in [1.54, 1.807) is 12.1 Å². The number of nitrogens with one attached hydrogen (secondary N) is 1. The zero-order valence-corrected chi connectivity index (χ0v) is 13.5. The highest BCUT2D eigenvalue weighted by molar-refractivity contribution is 8.00. The molecule has 0 bridgehead atoms. The molecule has 0 radical (unpaired) electrons. The van der Waals surface area contributed by atoms with E-state index in [1.807, 2.05) is 49.4 Å². The van der Waals surface area contributed by atoms with Crippen molar-refractivity contribution in [2.45, 2.75) is 11.8 Å². The number of hydrogen-bond acceptors (Lipinski definition) is 2. The van der Waals surface area contributed by atoms with Gasteiger partial charge in [-0.3, -0.25) is 4.79 Å². The monoisotopic (exact) mass is 325 g/mol. The average Bonchev–Trinajstić information content (AvgIpc) is 2.56. The molecular weight excluding hydrogens is 309 g/mol. The first-order valence-corrected chi connectivity index (χ1v) is 8.28. The second-order valence-electron chi connectivity index (χ2n) is 5.30. The summed E-state index contributed by atoms with van der Waals surface area (Å²) in [7, 11) is 0. The van der Waals surface area contributed by atoms with Gasteiger partial charge in [0.05, 0.1) is 11.4 Å². The van der Waals surface area contributed by atoms with Crippen molar-refractivity contribution >= 4 is 34.1 Å². The Morgan fingerprint density at radius 3 is 2.74 bits per heavy atom. The maximum Gasteiger partial charge on any atom is 0.234 e. The maximum atomic E-state index is 13.7. The molecule has 2 nitrogen and oxygen atoms in total. The van der Waals surface area contributed by atoms with Crippen LogP contribution in [0.5, 0.6) is 0 Å². The number of anilines is 1. The largest absolute Gasteiger partial charge is 0.323 e. The van der Waals surface area contributed by atoms with E-state index in [0.29, 0.717) is 0 Å². The molecule has 23 heavy (non-hydrogen) atoms. The molecule has 0 fully saturated rings. The highest BCUT2D eigenvalue weighted by atomic mass is 32.2. The first kappa shape index (κ1) is 15.6. The van der Waals surface area contributed by atoms with E-state index in [0.717, 1.165) is 21.2 Å². The zero-order chi connectivity index (χ0) is 16.2. The van der Waals surface area contributed by atoms with E-state index < -0.39 is 5.82 Å². The highest BCUT2D eigenvalue weighted by Crippen LogP contribution is 2.28. The van der Waals surface area contributed by atoms with Gasteiger partial charge in [0, 0.05) is 4.90 Å². The van der Waals surface area contributed by atoms with Gasteiger partial charge in [-0.2, -0.15) is 0 Å². The summed E-state index contributed by atoms with van der Waals surface area (Å²) in [6.45, 7) is 1.86. The number of thioether (sulfide) groups is 1. The van der Waals surface area contributed by atoms with Crippen molar-refractivity contribution in [3.8, 4) is 0 Å².